The van der Waals surface area contributed by atoms with E-state index in [0.717, 1.165) is 10.2 Å². The average Bonchev–Trinajstić information content (AvgIpc) is 3.23. The molecule has 0 aromatic carbocycles. The molecule has 8 heteroatoms. The maximum absolute atomic E-state index is 12.3. The molecule has 3 aromatic heterocycles. The number of thiophene rings is 1. The molecule has 0 saturated heterocycles. The van der Waals surface area contributed by atoms with Gasteiger partial charge in [0.15, 0.2) is 0 Å². The first-order valence-corrected chi connectivity index (χ1v) is 8.49. The predicted molar refractivity (Wildman–Crippen MR) is 94.4 cm³/mol. The minimum atomic E-state index is -0.289. The predicted octanol–water partition coefficient (Wildman–Crippen LogP) is 2.39. The lowest BCUT2D eigenvalue weighted by Crippen LogP contribution is -2.33. The quantitative estimate of drug-likeness (QED) is 0.745. The SMILES string of the molecule is CC(C)n1cc(NC(=O)CNC(=O)c2cc3sccc3n2C)cn1. The van der Waals surface area contributed by atoms with Crippen molar-refractivity contribution in [2.45, 2.75) is 19.9 Å². The first kappa shape index (κ1) is 16.3. The number of aryl methyl sites for hydroxylation is 1. The van der Waals surface area contributed by atoms with E-state index in [1.165, 1.54) is 0 Å². The van der Waals surface area contributed by atoms with Gasteiger partial charge in [-0.25, -0.2) is 0 Å². The van der Waals surface area contributed by atoms with Gasteiger partial charge in [-0.1, -0.05) is 0 Å². The zero-order valence-corrected chi connectivity index (χ0v) is 14.6. The fourth-order valence-corrected chi connectivity index (χ4v) is 3.26. The Kier molecular flexibility index (Phi) is 4.39. The number of rotatable bonds is 5. The van der Waals surface area contributed by atoms with Crippen molar-refractivity contribution in [1.82, 2.24) is 19.7 Å². The summed E-state index contributed by atoms with van der Waals surface area (Å²) in [4.78, 5) is 24.2. The average molecular weight is 345 g/mol. The van der Waals surface area contributed by atoms with Gasteiger partial charge in [0.2, 0.25) is 5.91 Å². The van der Waals surface area contributed by atoms with Crippen molar-refractivity contribution in [3.8, 4) is 0 Å². The van der Waals surface area contributed by atoms with Gasteiger partial charge in [0.25, 0.3) is 5.91 Å². The number of anilines is 1. The molecule has 3 rings (SSSR count). The van der Waals surface area contributed by atoms with Crippen LogP contribution in [0.1, 0.15) is 30.4 Å². The van der Waals surface area contributed by atoms with Gasteiger partial charge >= 0.3 is 0 Å². The third-order valence-corrected chi connectivity index (χ3v) is 4.57. The van der Waals surface area contributed by atoms with Gasteiger partial charge in [-0.15, -0.1) is 11.3 Å². The highest BCUT2D eigenvalue weighted by Gasteiger charge is 2.15. The zero-order valence-electron chi connectivity index (χ0n) is 13.7. The van der Waals surface area contributed by atoms with Crippen LogP contribution in [-0.2, 0) is 11.8 Å². The van der Waals surface area contributed by atoms with Crippen molar-refractivity contribution < 1.29 is 9.59 Å². The summed E-state index contributed by atoms with van der Waals surface area (Å²) < 4.78 is 4.63. The van der Waals surface area contributed by atoms with Crippen molar-refractivity contribution >= 4 is 39.1 Å². The Morgan fingerprint density at radius 3 is 2.83 bits per heavy atom. The minimum absolute atomic E-state index is 0.0927. The molecule has 2 amide bonds. The van der Waals surface area contributed by atoms with Crippen LogP contribution in [-0.4, -0.2) is 32.7 Å². The molecule has 24 heavy (non-hydrogen) atoms. The van der Waals surface area contributed by atoms with Gasteiger partial charge in [0, 0.05) is 19.3 Å². The third kappa shape index (κ3) is 3.18. The molecule has 0 aliphatic heterocycles. The Morgan fingerprint density at radius 1 is 1.38 bits per heavy atom. The first-order valence-electron chi connectivity index (χ1n) is 7.61. The van der Waals surface area contributed by atoms with Crippen LogP contribution in [0.2, 0.25) is 0 Å². The van der Waals surface area contributed by atoms with Crippen LogP contribution in [0.25, 0.3) is 10.2 Å². The second-order valence-corrected chi connectivity index (χ2v) is 6.74. The second kappa shape index (κ2) is 6.48. The maximum atomic E-state index is 12.3. The number of amides is 2. The maximum Gasteiger partial charge on any atom is 0.268 e. The fraction of sp³-hybridized carbons (Fsp3) is 0.312. The van der Waals surface area contributed by atoms with E-state index in [-0.39, 0.29) is 24.4 Å². The molecule has 0 fully saturated rings. The highest BCUT2D eigenvalue weighted by Crippen LogP contribution is 2.23. The number of nitrogens with zero attached hydrogens (tertiary/aromatic N) is 3. The van der Waals surface area contributed by atoms with E-state index in [1.54, 1.807) is 28.4 Å². The zero-order chi connectivity index (χ0) is 17.3. The topological polar surface area (TPSA) is 81.0 Å². The molecule has 0 radical (unpaired) electrons. The first-order chi connectivity index (χ1) is 11.5. The van der Waals surface area contributed by atoms with Crippen molar-refractivity contribution in [2.24, 2.45) is 7.05 Å². The molecule has 0 saturated carbocycles. The lowest BCUT2D eigenvalue weighted by molar-refractivity contribution is -0.115. The Balaban J connectivity index is 1.58. The molecule has 0 bridgehead atoms. The van der Waals surface area contributed by atoms with Gasteiger partial charge in [-0.2, -0.15) is 5.10 Å². The summed E-state index contributed by atoms with van der Waals surface area (Å²) in [5.41, 5.74) is 2.16. The molecule has 0 aliphatic carbocycles. The Bertz CT molecular complexity index is 889. The monoisotopic (exact) mass is 345 g/mol. The number of hydrogen-bond acceptors (Lipinski definition) is 4. The number of fused-ring (bicyclic) bond motifs is 1. The summed E-state index contributed by atoms with van der Waals surface area (Å²) in [6.07, 6.45) is 3.35. The van der Waals surface area contributed by atoms with Crippen LogP contribution >= 0.6 is 11.3 Å². The highest BCUT2D eigenvalue weighted by molar-refractivity contribution is 7.17. The molecule has 0 spiro atoms. The van der Waals surface area contributed by atoms with Crippen LogP contribution in [0.4, 0.5) is 5.69 Å². The molecule has 0 unspecified atom stereocenters. The van der Waals surface area contributed by atoms with E-state index in [4.69, 9.17) is 0 Å². The van der Waals surface area contributed by atoms with E-state index in [0.29, 0.717) is 11.4 Å². The lowest BCUT2D eigenvalue weighted by Gasteiger charge is -2.07. The largest absolute Gasteiger partial charge is 0.342 e. The number of carbonyl (C=O) groups is 2. The van der Waals surface area contributed by atoms with Gasteiger partial charge in [0.05, 0.1) is 28.6 Å². The number of aromatic nitrogens is 3. The third-order valence-electron chi connectivity index (χ3n) is 3.72. The highest BCUT2D eigenvalue weighted by atomic mass is 32.1. The smallest absolute Gasteiger partial charge is 0.268 e. The standard InChI is InChI=1S/C16H19N5O2S/c1-10(2)21-9-11(7-18-21)19-15(22)8-17-16(23)13-6-14-12(20(13)3)4-5-24-14/h4-7,9-10H,8H2,1-3H3,(H,17,23)(H,19,22). The Morgan fingerprint density at radius 2 is 2.17 bits per heavy atom. The Hall–Kier alpha value is -2.61. The Labute approximate surface area is 143 Å². The molecule has 2 N–H and O–H groups in total. The minimum Gasteiger partial charge on any atom is -0.342 e. The number of hydrogen-bond donors (Lipinski definition) is 2. The summed E-state index contributed by atoms with van der Waals surface area (Å²) in [5, 5.41) is 11.5. The van der Waals surface area contributed by atoms with Crippen LogP contribution in [0, 0.1) is 0 Å². The summed E-state index contributed by atoms with van der Waals surface area (Å²) in [5.74, 6) is -0.559. The van der Waals surface area contributed by atoms with Gasteiger partial charge < -0.3 is 15.2 Å². The van der Waals surface area contributed by atoms with Crippen molar-refractivity contribution in [3.63, 3.8) is 0 Å². The molecule has 0 aliphatic rings. The summed E-state index contributed by atoms with van der Waals surface area (Å²) >= 11 is 1.58. The van der Waals surface area contributed by atoms with Gasteiger partial charge in [-0.3, -0.25) is 14.3 Å². The van der Waals surface area contributed by atoms with Crippen molar-refractivity contribution in [1.29, 1.82) is 0 Å². The molecular formula is C16H19N5O2S. The van der Waals surface area contributed by atoms with Crippen molar-refractivity contribution in [3.05, 3.63) is 35.6 Å². The molecule has 3 aromatic rings. The van der Waals surface area contributed by atoms with E-state index >= 15 is 0 Å². The van der Waals surface area contributed by atoms with E-state index in [1.807, 2.05) is 43.0 Å². The van der Waals surface area contributed by atoms with E-state index in [9.17, 15) is 9.59 Å². The van der Waals surface area contributed by atoms with Crippen molar-refractivity contribution in [2.75, 3.05) is 11.9 Å². The normalized spacial score (nSPS) is 11.2. The van der Waals surface area contributed by atoms with Crippen LogP contribution in [0.5, 0.6) is 0 Å². The van der Waals surface area contributed by atoms with Crippen LogP contribution in [0.3, 0.4) is 0 Å². The molecule has 126 valence electrons. The summed E-state index contributed by atoms with van der Waals surface area (Å²) in [6.45, 7) is 3.91. The van der Waals surface area contributed by atoms with Crippen LogP contribution < -0.4 is 10.6 Å². The number of carbonyl (C=O) groups excluding carboxylic acids is 2. The molecule has 7 nitrogen and oxygen atoms in total. The fourth-order valence-electron chi connectivity index (χ4n) is 2.41. The second-order valence-electron chi connectivity index (χ2n) is 5.79. The summed E-state index contributed by atoms with van der Waals surface area (Å²) in [7, 11) is 1.84. The van der Waals surface area contributed by atoms with E-state index < -0.39 is 0 Å². The van der Waals surface area contributed by atoms with Gasteiger partial charge in [0.1, 0.15) is 5.69 Å². The van der Waals surface area contributed by atoms with Crippen LogP contribution in [0.15, 0.2) is 29.9 Å². The number of nitrogens with one attached hydrogen (secondary N) is 2. The van der Waals surface area contributed by atoms with Gasteiger partial charge in [-0.05, 0) is 31.4 Å². The van der Waals surface area contributed by atoms with E-state index in [2.05, 4.69) is 15.7 Å². The molecular weight excluding hydrogens is 326 g/mol. The lowest BCUT2D eigenvalue weighted by atomic mass is 10.4. The summed E-state index contributed by atoms with van der Waals surface area (Å²) in [6, 6.07) is 4.03. The molecule has 3 heterocycles. The molecule has 0 atom stereocenters.